The van der Waals surface area contributed by atoms with Crippen molar-refractivity contribution in [3.05, 3.63) is 53.1 Å². The van der Waals surface area contributed by atoms with Gasteiger partial charge in [-0.1, -0.05) is 11.8 Å². The Balaban J connectivity index is 1.76. The van der Waals surface area contributed by atoms with Crippen LogP contribution < -0.4 is 4.74 Å². The summed E-state index contributed by atoms with van der Waals surface area (Å²) in [5, 5.41) is 8.63. The van der Waals surface area contributed by atoms with Crippen molar-refractivity contribution in [3.63, 3.8) is 0 Å². The molecule has 1 aromatic carbocycles. The van der Waals surface area contributed by atoms with E-state index < -0.39 is 5.97 Å². The van der Waals surface area contributed by atoms with Gasteiger partial charge in [-0.25, -0.2) is 4.79 Å². The third kappa shape index (κ3) is 3.79. The molecule has 0 unspecified atom stereocenters. The lowest BCUT2D eigenvalue weighted by Crippen LogP contribution is -2.07. The Morgan fingerprint density at radius 1 is 1.18 bits per heavy atom. The van der Waals surface area contributed by atoms with Crippen molar-refractivity contribution in [2.45, 2.75) is 19.0 Å². The van der Waals surface area contributed by atoms with E-state index in [-0.39, 0.29) is 11.5 Å². The quantitative estimate of drug-likeness (QED) is 0.370. The van der Waals surface area contributed by atoms with Gasteiger partial charge in [0, 0.05) is 11.4 Å². The van der Waals surface area contributed by atoms with Crippen LogP contribution in [0, 0.1) is 13.8 Å². The number of hydrogen-bond donors (Lipinski definition) is 1. The number of rotatable bonds is 7. The molecule has 0 aliphatic carbocycles. The van der Waals surface area contributed by atoms with Crippen molar-refractivity contribution in [2.24, 2.45) is 0 Å². The highest BCUT2D eigenvalue weighted by atomic mass is 32.2. The normalized spacial score (nSPS) is 10.7. The lowest BCUT2D eigenvalue weighted by Gasteiger charge is -2.07. The molecule has 0 bridgehead atoms. The number of aromatic amines is 1. The second kappa shape index (κ2) is 8.30. The number of esters is 1. The van der Waals surface area contributed by atoms with Gasteiger partial charge in [0.2, 0.25) is 0 Å². The van der Waals surface area contributed by atoms with Crippen LogP contribution in [0.5, 0.6) is 5.75 Å². The number of nitrogens with zero attached hydrogens (tertiary/aromatic N) is 3. The molecule has 9 heteroatoms. The van der Waals surface area contributed by atoms with E-state index in [1.165, 1.54) is 18.9 Å². The molecule has 0 aliphatic heterocycles. The Morgan fingerprint density at radius 3 is 2.54 bits per heavy atom. The second-order valence-electron chi connectivity index (χ2n) is 6.01. The number of Topliss-reactive ketones (excluding diaryl/α,β-unsaturated/α-hetero) is 1. The van der Waals surface area contributed by atoms with Crippen molar-refractivity contribution < 1.29 is 19.1 Å². The molecule has 8 nitrogen and oxygen atoms in total. The number of methoxy groups -OCH3 is 2. The standard InChI is InChI=1S/C19H20N4O4S/c1-11-16(18(25)27-4)12(2)21-17(11)15(24)9-28-19-22-20-10-23(19)13-5-7-14(26-3)8-6-13/h5-8,10,21H,9H2,1-4H3. The van der Waals surface area contributed by atoms with Gasteiger partial charge in [0.1, 0.15) is 12.1 Å². The fourth-order valence-corrected chi connectivity index (χ4v) is 3.68. The summed E-state index contributed by atoms with van der Waals surface area (Å²) < 4.78 is 11.7. The van der Waals surface area contributed by atoms with E-state index in [9.17, 15) is 9.59 Å². The predicted molar refractivity (Wildman–Crippen MR) is 105 cm³/mol. The first-order valence-corrected chi connectivity index (χ1v) is 9.42. The fraction of sp³-hybridized carbons (Fsp3) is 0.263. The summed E-state index contributed by atoms with van der Waals surface area (Å²) in [6.07, 6.45) is 1.59. The molecule has 0 spiro atoms. The average Bonchev–Trinajstić information content (AvgIpc) is 3.29. The molecule has 0 aliphatic rings. The number of aromatic nitrogens is 4. The van der Waals surface area contributed by atoms with Gasteiger partial charge >= 0.3 is 5.97 Å². The van der Waals surface area contributed by atoms with Gasteiger partial charge in [-0.3, -0.25) is 9.36 Å². The Hall–Kier alpha value is -3.07. The van der Waals surface area contributed by atoms with Gasteiger partial charge in [0.05, 0.1) is 31.2 Å². The number of carbonyl (C=O) groups is 2. The summed E-state index contributed by atoms with van der Waals surface area (Å²) in [7, 11) is 2.92. The molecule has 0 radical (unpaired) electrons. The highest BCUT2D eigenvalue weighted by Gasteiger charge is 2.23. The summed E-state index contributed by atoms with van der Waals surface area (Å²) in [6.45, 7) is 3.47. The highest BCUT2D eigenvalue weighted by Crippen LogP contribution is 2.24. The van der Waals surface area contributed by atoms with E-state index in [0.29, 0.717) is 27.7 Å². The smallest absolute Gasteiger partial charge is 0.339 e. The number of hydrogen-bond acceptors (Lipinski definition) is 7. The number of ketones is 1. The van der Waals surface area contributed by atoms with Gasteiger partial charge in [0.15, 0.2) is 10.9 Å². The molecule has 1 N–H and O–H groups in total. The molecule has 28 heavy (non-hydrogen) atoms. The van der Waals surface area contributed by atoms with Gasteiger partial charge in [-0.15, -0.1) is 10.2 Å². The van der Waals surface area contributed by atoms with Gasteiger partial charge < -0.3 is 14.5 Å². The van der Waals surface area contributed by atoms with Gasteiger partial charge in [-0.05, 0) is 43.7 Å². The number of nitrogens with one attached hydrogen (secondary N) is 1. The van der Waals surface area contributed by atoms with E-state index in [2.05, 4.69) is 15.2 Å². The van der Waals surface area contributed by atoms with Crippen molar-refractivity contribution in [3.8, 4) is 11.4 Å². The Bertz CT molecular complexity index is 1010. The summed E-state index contributed by atoms with van der Waals surface area (Å²) in [4.78, 5) is 27.6. The molecule has 146 valence electrons. The maximum absolute atomic E-state index is 12.7. The summed E-state index contributed by atoms with van der Waals surface area (Å²) in [5.41, 5.74) is 2.87. The first kappa shape index (κ1) is 19.7. The van der Waals surface area contributed by atoms with Crippen LogP contribution in [-0.4, -0.2) is 51.5 Å². The number of ether oxygens (including phenoxy) is 2. The van der Waals surface area contributed by atoms with Crippen molar-refractivity contribution in [1.82, 2.24) is 19.7 Å². The number of aryl methyl sites for hydroxylation is 1. The zero-order valence-corrected chi connectivity index (χ0v) is 16.8. The molecule has 2 aromatic heterocycles. The predicted octanol–water partition coefficient (Wildman–Crippen LogP) is 2.98. The maximum atomic E-state index is 12.7. The van der Waals surface area contributed by atoms with Crippen LogP contribution in [0.3, 0.4) is 0 Å². The zero-order chi connectivity index (χ0) is 20.3. The topological polar surface area (TPSA) is 99.1 Å². The van der Waals surface area contributed by atoms with E-state index in [1.807, 2.05) is 24.3 Å². The SMILES string of the molecule is COC(=O)c1c(C)[nH]c(C(=O)CSc2nncn2-c2ccc(OC)cc2)c1C. The van der Waals surface area contributed by atoms with Crippen LogP contribution >= 0.6 is 11.8 Å². The number of benzene rings is 1. The Labute approximate surface area is 166 Å². The molecule has 0 amide bonds. The largest absolute Gasteiger partial charge is 0.497 e. The zero-order valence-electron chi connectivity index (χ0n) is 16.0. The molecule has 0 fully saturated rings. The summed E-state index contributed by atoms with van der Waals surface area (Å²) in [5.74, 6) is 0.304. The minimum atomic E-state index is -0.461. The number of thioether (sulfide) groups is 1. The van der Waals surface area contributed by atoms with E-state index in [1.54, 1.807) is 31.9 Å². The van der Waals surface area contributed by atoms with E-state index in [4.69, 9.17) is 9.47 Å². The molecule has 3 rings (SSSR count). The van der Waals surface area contributed by atoms with Crippen LogP contribution in [0.25, 0.3) is 5.69 Å². The number of carbonyl (C=O) groups excluding carboxylic acids is 2. The van der Waals surface area contributed by atoms with Gasteiger partial charge in [-0.2, -0.15) is 0 Å². The Kier molecular flexibility index (Phi) is 5.84. The van der Waals surface area contributed by atoms with Crippen LogP contribution in [0.2, 0.25) is 0 Å². The summed E-state index contributed by atoms with van der Waals surface area (Å²) >= 11 is 1.27. The molecule has 0 saturated heterocycles. The fourth-order valence-electron chi connectivity index (χ4n) is 2.88. The second-order valence-corrected chi connectivity index (χ2v) is 6.95. The summed E-state index contributed by atoms with van der Waals surface area (Å²) in [6, 6.07) is 7.45. The minimum absolute atomic E-state index is 0.134. The van der Waals surface area contributed by atoms with Gasteiger partial charge in [0.25, 0.3) is 0 Å². The number of H-pyrrole nitrogens is 1. The lowest BCUT2D eigenvalue weighted by atomic mass is 10.1. The maximum Gasteiger partial charge on any atom is 0.339 e. The molecular formula is C19H20N4O4S. The van der Waals surface area contributed by atoms with Crippen molar-refractivity contribution in [2.75, 3.05) is 20.0 Å². The molecule has 3 aromatic rings. The third-order valence-electron chi connectivity index (χ3n) is 4.31. The molecule has 0 saturated carbocycles. The van der Waals surface area contributed by atoms with Crippen LogP contribution in [0.15, 0.2) is 35.7 Å². The third-order valence-corrected chi connectivity index (χ3v) is 5.25. The first-order valence-electron chi connectivity index (χ1n) is 8.44. The first-order chi connectivity index (χ1) is 13.5. The lowest BCUT2D eigenvalue weighted by molar-refractivity contribution is 0.0599. The van der Waals surface area contributed by atoms with E-state index in [0.717, 1.165) is 11.4 Å². The Morgan fingerprint density at radius 2 is 1.89 bits per heavy atom. The average molecular weight is 400 g/mol. The highest BCUT2D eigenvalue weighted by molar-refractivity contribution is 7.99. The van der Waals surface area contributed by atoms with Crippen molar-refractivity contribution >= 4 is 23.5 Å². The molecular weight excluding hydrogens is 380 g/mol. The van der Waals surface area contributed by atoms with Crippen molar-refractivity contribution in [1.29, 1.82) is 0 Å². The minimum Gasteiger partial charge on any atom is -0.497 e. The molecule has 0 atom stereocenters. The van der Waals surface area contributed by atoms with Crippen LogP contribution in [-0.2, 0) is 4.74 Å². The monoisotopic (exact) mass is 400 g/mol. The van der Waals surface area contributed by atoms with E-state index >= 15 is 0 Å². The van der Waals surface area contributed by atoms with Crippen LogP contribution in [0.4, 0.5) is 0 Å². The molecule has 2 heterocycles. The van der Waals surface area contributed by atoms with Crippen LogP contribution in [0.1, 0.15) is 32.1 Å².